The molecule has 394 valence electrons. The van der Waals surface area contributed by atoms with Crippen molar-refractivity contribution in [3.05, 3.63) is 128 Å². The fraction of sp³-hybridized carbons (Fsp3) is 0.525. The second-order valence-corrected chi connectivity index (χ2v) is 22.1. The van der Waals surface area contributed by atoms with E-state index in [2.05, 4.69) is 40.4 Å². The van der Waals surface area contributed by atoms with Crippen LogP contribution in [-0.4, -0.2) is 94.0 Å². The van der Waals surface area contributed by atoms with Gasteiger partial charge in [-0.05, 0) is 113 Å². The van der Waals surface area contributed by atoms with E-state index in [1.54, 1.807) is 12.1 Å². The van der Waals surface area contributed by atoms with Crippen molar-refractivity contribution in [3.8, 4) is 5.88 Å². The summed E-state index contributed by atoms with van der Waals surface area (Å²) in [4.78, 5) is 86.9. The van der Waals surface area contributed by atoms with Crippen LogP contribution in [0.25, 0.3) is 22.1 Å². The van der Waals surface area contributed by atoms with Crippen LogP contribution in [0.5, 0.6) is 5.88 Å². The van der Waals surface area contributed by atoms with E-state index in [1.807, 2.05) is 57.7 Å². The van der Waals surface area contributed by atoms with Gasteiger partial charge >= 0.3 is 0 Å². The number of piperidine rings is 2. The van der Waals surface area contributed by atoms with E-state index >= 15 is 0 Å². The number of aromatic nitrogens is 6. The Morgan fingerprint density at radius 1 is 0.507 bits per heavy atom. The first-order valence-corrected chi connectivity index (χ1v) is 28.1. The number of hydrogen-bond acceptors (Lipinski definition) is 11. The number of nitrogens with one attached hydrogen (secondary N) is 3. The van der Waals surface area contributed by atoms with Gasteiger partial charge in [0, 0.05) is 66.7 Å². The van der Waals surface area contributed by atoms with Gasteiger partial charge in [-0.2, -0.15) is 0 Å². The first kappa shape index (κ1) is 50.6. The molecule has 6 aliphatic rings. The summed E-state index contributed by atoms with van der Waals surface area (Å²) in [5.74, 6) is -0.627. The van der Waals surface area contributed by atoms with Crippen molar-refractivity contribution in [2.24, 2.45) is 0 Å². The molecular weight excluding hydrogens is 945 g/mol. The molecule has 6 fully saturated rings. The molecule has 16 nitrogen and oxygen atoms in total. The lowest BCUT2D eigenvalue weighted by Gasteiger charge is -2.45. The second-order valence-electron chi connectivity index (χ2n) is 22.1. The van der Waals surface area contributed by atoms with Crippen molar-refractivity contribution < 1.29 is 14.3 Å². The van der Waals surface area contributed by atoms with E-state index < -0.39 is 11.8 Å². The molecule has 0 radical (unpaired) electrons. The highest BCUT2D eigenvalue weighted by Crippen LogP contribution is 2.46. The van der Waals surface area contributed by atoms with Gasteiger partial charge < -0.3 is 29.5 Å². The largest absolute Gasteiger partial charge is 0.481 e. The van der Waals surface area contributed by atoms with Gasteiger partial charge in [-0.1, -0.05) is 88.5 Å². The maximum Gasteiger partial charge on any atom is 0.282 e. The normalized spacial score (nSPS) is 24.8. The molecule has 12 rings (SSSR count). The summed E-state index contributed by atoms with van der Waals surface area (Å²) in [7, 11) is 1.54. The average molecular weight is 1020 g/mol. The predicted molar refractivity (Wildman–Crippen MR) is 292 cm³/mol. The standard InChI is InChI=1S/C30H37N5O3.C29H35N5O3/c1-38-27-16-13-20(19-31-27)32-29(36)28-30(37)35(26-12-8-7-11-25(26)33-28)24-17-22-14-15-23(18-24)34(22)21-9-5-3-2-4-6-10-21;35-26-15-12-19(18-30-26)31-28(36)27-29(37)34(25-11-7-6-10-24(25)32-27)23-16-21-13-14-22(17-23)33(21)20-8-4-2-1-3-5-9-20/h7-8,11-13,16,19,21-24H,2-6,9-10,14-15,17-18H2,1H3,(H,32,36);6-7,10-12,15,18,20-23H,1-5,8-9,13-14,16-17H2,(H,30,35)(H,31,36)/t22-,23+,24?;21-,22+,23?. The first-order chi connectivity index (χ1) is 36.7. The molecule has 2 aromatic carbocycles. The van der Waals surface area contributed by atoms with E-state index in [-0.39, 0.29) is 40.1 Å². The zero-order valence-electron chi connectivity index (χ0n) is 43.3. The monoisotopic (exact) mass is 1020 g/mol. The number of pyridine rings is 2. The van der Waals surface area contributed by atoms with Crippen molar-refractivity contribution >= 4 is 45.3 Å². The predicted octanol–water partition coefficient (Wildman–Crippen LogP) is 9.95. The molecule has 16 heteroatoms. The Morgan fingerprint density at radius 2 is 0.933 bits per heavy atom. The highest BCUT2D eigenvalue weighted by atomic mass is 16.5. The summed E-state index contributed by atoms with van der Waals surface area (Å²) in [6, 6.07) is 25.0. The fourth-order valence-electron chi connectivity index (χ4n) is 14.2. The van der Waals surface area contributed by atoms with Gasteiger partial charge in [0.1, 0.15) is 0 Å². The number of H-pyrrole nitrogens is 1. The molecule has 3 N–H and O–H groups in total. The molecule has 2 unspecified atom stereocenters. The van der Waals surface area contributed by atoms with Crippen LogP contribution in [0, 0.1) is 0 Å². The van der Waals surface area contributed by atoms with Crippen molar-refractivity contribution in [1.29, 1.82) is 0 Å². The van der Waals surface area contributed by atoms with Crippen molar-refractivity contribution in [2.75, 3.05) is 17.7 Å². The zero-order valence-corrected chi connectivity index (χ0v) is 43.3. The number of amides is 2. The maximum absolute atomic E-state index is 13.9. The Kier molecular flexibility index (Phi) is 15.4. The minimum Gasteiger partial charge on any atom is -0.481 e. The number of nitrogens with zero attached hydrogens (tertiary/aromatic N) is 7. The third kappa shape index (κ3) is 10.8. The summed E-state index contributed by atoms with van der Waals surface area (Å²) in [5, 5.41) is 5.51. The van der Waals surface area contributed by atoms with Gasteiger partial charge in [0.05, 0.1) is 46.7 Å². The minimum absolute atomic E-state index is 0.0438. The first-order valence-electron chi connectivity index (χ1n) is 28.1. The SMILES string of the molecule is COc1ccc(NC(=O)c2nc3ccccc3n(C3C[C@H]4CC[C@@H](C3)N4C3CCCCCCC3)c2=O)cn1.O=C(Nc1ccc(=O)[nH]c1)c1nc2ccccc2n(C2C[C@H]3CC[C@@H](C2)N3C2CCCCCCC2)c1=O. The van der Waals surface area contributed by atoms with Crippen molar-refractivity contribution in [2.45, 2.75) is 190 Å². The number of fused-ring (bicyclic) bond motifs is 6. The summed E-state index contributed by atoms with van der Waals surface area (Å²) < 4.78 is 8.83. The summed E-state index contributed by atoms with van der Waals surface area (Å²) >= 11 is 0. The van der Waals surface area contributed by atoms with Crippen molar-refractivity contribution in [3.63, 3.8) is 0 Å². The number of para-hydroxylation sites is 4. The van der Waals surface area contributed by atoms with Gasteiger partial charge in [-0.25, -0.2) is 15.0 Å². The third-order valence-corrected chi connectivity index (χ3v) is 17.5. The molecule has 2 amide bonds. The van der Waals surface area contributed by atoms with Gasteiger partial charge in [-0.15, -0.1) is 0 Å². The lowest BCUT2D eigenvalue weighted by Crippen LogP contribution is -2.50. The van der Waals surface area contributed by atoms with Crippen LogP contribution in [0.1, 0.15) is 174 Å². The molecule has 4 bridgehead atoms. The molecule has 6 atom stereocenters. The molecule has 2 saturated carbocycles. The molecule has 0 spiro atoms. The number of carbonyl (C=O) groups excluding carboxylic acids is 2. The smallest absolute Gasteiger partial charge is 0.282 e. The van der Waals surface area contributed by atoms with Crippen LogP contribution in [-0.2, 0) is 0 Å². The highest BCUT2D eigenvalue weighted by Gasteiger charge is 2.46. The molecular formula is C59H72N10O6. The number of benzene rings is 2. The summed E-state index contributed by atoms with van der Waals surface area (Å²) in [6.45, 7) is 0. The number of hydrogen-bond donors (Lipinski definition) is 3. The van der Waals surface area contributed by atoms with E-state index in [9.17, 15) is 24.0 Å². The van der Waals surface area contributed by atoms with Gasteiger partial charge in [0.25, 0.3) is 22.9 Å². The van der Waals surface area contributed by atoms with E-state index in [0.717, 1.165) is 36.7 Å². The Balaban J connectivity index is 0.000000161. The molecule has 6 aromatic rings. The zero-order chi connectivity index (χ0) is 51.4. The Hall–Kier alpha value is -6.52. The van der Waals surface area contributed by atoms with Crippen LogP contribution >= 0.6 is 0 Å². The Morgan fingerprint density at radius 3 is 1.35 bits per heavy atom. The lowest BCUT2D eigenvalue weighted by atomic mass is 9.89. The average Bonchev–Trinajstić information content (AvgIpc) is 3.82. The van der Waals surface area contributed by atoms with E-state index in [1.165, 1.54) is 147 Å². The molecule has 4 saturated heterocycles. The fourth-order valence-corrected chi connectivity index (χ4v) is 14.2. The van der Waals surface area contributed by atoms with Crippen LogP contribution in [0.2, 0.25) is 0 Å². The van der Waals surface area contributed by atoms with Crippen LogP contribution in [0.3, 0.4) is 0 Å². The number of aromatic amines is 1. The molecule has 8 heterocycles. The summed E-state index contributed by atoms with van der Waals surface area (Å²) in [5.41, 5.74) is 2.71. The van der Waals surface area contributed by atoms with Gasteiger partial charge in [-0.3, -0.25) is 33.8 Å². The number of carbonyl (C=O) groups is 2. The maximum atomic E-state index is 13.9. The minimum atomic E-state index is -0.563. The van der Waals surface area contributed by atoms with Crippen LogP contribution < -0.4 is 32.0 Å². The highest BCUT2D eigenvalue weighted by molar-refractivity contribution is 6.04. The van der Waals surface area contributed by atoms with Crippen LogP contribution in [0.4, 0.5) is 11.4 Å². The summed E-state index contributed by atoms with van der Waals surface area (Å²) in [6.07, 6.45) is 30.2. The second kappa shape index (κ2) is 22.8. The molecule has 4 aromatic heterocycles. The topological polar surface area (TPSA) is 189 Å². The third-order valence-electron chi connectivity index (χ3n) is 17.5. The van der Waals surface area contributed by atoms with E-state index in [4.69, 9.17) is 4.74 Å². The number of methoxy groups -OCH3 is 1. The van der Waals surface area contributed by atoms with E-state index in [0.29, 0.717) is 64.5 Å². The lowest BCUT2D eigenvalue weighted by molar-refractivity contribution is 0.0496. The van der Waals surface area contributed by atoms with Gasteiger partial charge in [0.2, 0.25) is 11.4 Å². The molecule has 2 aliphatic carbocycles. The Labute approximate surface area is 437 Å². The molecule has 4 aliphatic heterocycles. The van der Waals surface area contributed by atoms with Crippen LogP contribution in [0.15, 0.2) is 99.6 Å². The number of anilines is 2. The van der Waals surface area contributed by atoms with Crippen molar-refractivity contribution in [1.82, 2.24) is 38.9 Å². The Bertz CT molecular complexity index is 3130. The number of ether oxygens (including phenoxy) is 1. The van der Waals surface area contributed by atoms with Gasteiger partial charge in [0.15, 0.2) is 11.4 Å². The molecule has 75 heavy (non-hydrogen) atoms. The quantitative estimate of drug-likeness (QED) is 0.125. The number of rotatable bonds is 9.